The van der Waals surface area contributed by atoms with Crippen molar-refractivity contribution < 1.29 is 19.4 Å². The van der Waals surface area contributed by atoms with Crippen molar-refractivity contribution in [1.29, 1.82) is 0 Å². The fourth-order valence-corrected chi connectivity index (χ4v) is 2.61. The number of para-hydroxylation sites is 1. The van der Waals surface area contributed by atoms with Crippen LogP contribution in [0.15, 0.2) is 18.2 Å². The van der Waals surface area contributed by atoms with Gasteiger partial charge in [0.05, 0.1) is 5.56 Å². The fraction of sp³-hybridized carbons (Fsp3) is 0.500. The normalized spacial score (nSPS) is 19.8. The molecule has 1 amide bonds. The van der Waals surface area contributed by atoms with E-state index in [0.717, 1.165) is 5.56 Å². The quantitative estimate of drug-likeness (QED) is 0.905. The maximum Gasteiger partial charge on any atom is 0.323 e. The molecule has 1 aliphatic rings. The number of carbonyl (C=O) groups is 2. The topological polar surface area (TPSA) is 66.8 Å². The molecule has 114 valence electrons. The molecule has 1 N–H and O–H groups in total. The van der Waals surface area contributed by atoms with Gasteiger partial charge < -0.3 is 14.7 Å². The van der Waals surface area contributed by atoms with E-state index in [0.29, 0.717) is 24.3 Å². The number of hydrogen-bond acceptors (Lipinski definition) is 3. The molecule has 1 aliphatic heterocycles. The van der Waals surface area contributed by atoms with E-state index in [9.17, 15) is 9.59 Å². The third-order valence-corrected chi connectivity index (χ3v) is 3.88. The number of aliphatic carboxylic acids is 1. The summed E-state index contributed by atoms with van der Waals surface area (Å²) < 4.78 is 5.81. The van der Waals surface area contributed by atoms with Crippen LogP contribution in [0.3, 0.4) is 0 Å². The number of fused-ring (bicyclic) bond motifs is 1. The van der Waals surface area contributed by atoms with Gasteiger partial charge in [-0.1, -0.05) is 26.0 Å². The Hall–Kier alpha value is -2.04. The molecule has 1 heterocycles. The molecule has 0 saturated carbocycles. The zero-order chi connectivity index (χ0) is 15.6. The van der Waals surface area contributed by atoms with Gasteiger partial charge in [-0.15, -0.1) is 0 Å². The van der Waals surface area contributed by atoms with E-state index in [-0.39, 0.29) is 24.5 Å². The smallest absolute Gasteiger partial charge is 0.323 e. The van der Waals surface area contributed by atoms with E-state index in [2.05, 4.69) is 6.92 Å². The second kappa shape index (κ2) is 6.16. The predicted molar refractivity (Wildman–Crippen MR) is 78.8 cm³/mol. The van der Waals surface area contributed by atoms with Crippen LogP contribution < -0.4 is 4.74 Å². The summed E-state index contributed by atoms with van der Waals surface area (Å²) in [7, 11) is 0. The average molecular weight is 291 g/mol. The maximum atomic E-state index is 12.6. The Morgan fingerprint density at radius 2 is 2.05 bits per heavy atom. The van der Waals surface area contributed by atoms with Crippen LogP contribution in [0.4, 0.5) is 0 Å². The van der Waals surface area contributed by atoms with Gasteiger partial charge in [0, 0.05) is 18.0 Å². The van der Waals surface area contributed by atoms with Crippen molar-refractivity contribution in [1.82, 2.24) is 4.90 Å². The number of hydrogen-bond donors (Lipinski definition) is 1. The standard InChI is InChI=1S/C16H21NO4/c1-4-8-17(9-14(18)19)16(20)13-7-5-6-12-10(2)11(3)21-15(12)13/h5-7,10-11H,4,8-9H2,1-3H3,(H,18,19). The van der Waals surface area contributed by atoms with Crippen LogP contribution in [0.2, 0.25) is 0 Å². The lowest BCUT2D eigenvalue weighted by molar-refractivity contribution is -0.137. The second-order valence-corrected chi connectivity index (χ2v) is 5.46. The van der Waals surface area contributed by atoms with Gasteiger partial charge in [0.1, 0.15) is 18.4 Å². The summed E-state index contributed by atoms with van der Waals surface area (Å²) in [5.74, 6) is -0.453. The summed E-state index contributed by atoms with van der Waals surface area (Å²) >= 11 is 0. The second-order valence-electron chi connectivity index (χ2n) is 5.46. The van der Waals surface area contributed by atoms with Crippen molar-refractivity contribution in [3.8, 4) is 5.75 Å². The van der Waals surface area contributed by atoms with E-state index >= 15 is 0 Å². The molecule has 21 heavy (non-hydrogen) atoms. The summed E-state index contributed by atoms with van der Waals surface area (Å²) in [5.41, 5.74) is 1.47. The van der Waals surface area contributed by atoms with Crippen molar-refractivity contribution in [3.63, 3.8) is 0 Å². The Balaban J connectivity index is 2.33. The first-order valence-corrected chi connectivity index (χ1v) is 7.26. The van der Waals surface area contributed by atoms with E-state index < -0.39 is 5.97 Å². The number of carboxylic acids is 1. The van der Waals surface area contributed by atoms with Crippen LogP contribution in [-0.2, 0) is 4.79 Å². The van der Waals surface area contributed by atoms with Crippen LogP contribution in [0.5, 0.6) is 5.75 Å². The molecule has 2 atom stereocenters. The molecule has 0 aliphatic carbocycles. The zero-order valence-corrected chi connectivity index (χ0v) is 12.6. The van der Waals surface area contributed by atoms with Gasteiger partial charge in [-0.2, -0.15) is 0 Å². The molecular weight excluding hydrogens is 270 g/mol. The Morgan fingerprint density at radius 1 is 1.33 bits per heavy atom. The van der Waals surface area contributed by atoms with Gasteiger partial charge in [-0.05, 0) is 19.4 Å². The van der Waals surface area contributed by atoms with Gasteiger partial charge in [0.2, 0.25) is 0 Å². The number of rotatable bonds is 5. The van der Waals surface area contributed by atoms with Crippen LogP contribution in [-0.4, -0.2) is 41.1 Å². The van der Waals surface area contributed by atoms with Gasteiger partial charge in [-0.25, -0.2) is 0 Å². The maximum absolute atomic E-state index is 12.6. The van der Waals surface area contributed by atoms with E-state index in [1.54, 1.807) is 6.07 Å². The number of nitrogens with zero attached hydrogens (tertiary/aromatic N) is 1. The summed E-state index contributed by atoms with van der Waals surface area (Å²) in [4.78, 5) is 24.9. The van der Waals surface area contributed by atoms with Crippen LogP contribution in [0.1, 0.15) is 49.0 Å². The van der Waals surface area contributed by atoms with Gasteiger partial charge in [0.25, 0.3) is 5.91 Å². The number of carbonyl (C=O) groups excluding carboxylic acids is 1. The largest absolute Gasteiger partial charge is 0.489 e. The number of carboxylic acid groups (broad SMARTS) is 1. The van der Waals surface area contributed by atoms with Crippen LogP contribution in [0, 0.1) is 0 Å². The molecule has 0 saturated heterocycles. The third kappa shape index (κ3) is 3.01. The van der Waals surface area contributed by atoms with Gasteiger partial charge in [0.15, 0.2) is 0 Å². The van der Waals surface area contributed by atoms with Crippen molar-refractivity contribution in [3.05, 3.63) is 29.3 Å². The van der Waals surface area contributed by atoms with Gasteiger partial charge in [-0.3, -0.25) is 9.59 Å². The lowest BCUT2D eigenvalue weighted by Gasteiger charge is -2.21. The molecule has 0 fully saturated rings. The fourth-order valence-electron chi connectivity index (χ4n) is 2.61. The molecular formula is C16H21NO4. The van der Waals surface area contributed by atoms with Crippen LogP contribution in [0.25, 0.3) is 0 Å². The Labute approximate surface area is 124 Å². The number of benzene rings is 1. The number of amides is 1. The third-order valence-electron chi connectivity index (χ3n) is 3.88. The minimum Gasteiger partial charge on any atom is -0.489 e. The molecule has 5 nitrogen and oxygen atoms in total. The molecule has 2 unspecified atom stereocenters. The Morgan fingerprint density at radius 3 is 2.67 bits per heavy atom. The molecule has 0 radical (unpaired) electrons. The molecule has 5 heteroatoms. The lowest BCUT2D eigenvalue weighted by Crippen LogP contribution is -2.36. The minimum atomic E-state index is -1.01. The summed E-state index contributed by atoms with van der Waals surface area (Å²) in [6, 6.07) is 5.49. The Kier molecular flexibility index (Phi) is 4.50. The lowest BCUT2D eigenvalue weighted by atomic mass is 9.96. The first-order valence-electron chi connectivity index (χ1n) is 7.26. The first kappa shape index (κ1) is 15.4. The first-order chi connectivity index (χ1) is 9.95. The molecule has 0 spiro atoms. The van der Waals surface area contributed by atoms with Crippen molar-refractivity contribution in [2.45, 2.75) is 39.2 Å². The SMILES string of the molecule is CCCN(CC(=O)O)C(=O)c1cccc2c1OC(C)C2C. The summed E-state index contributed by atoms with van der Waals surface area (Å²) in [6.07, 6.45) is 0.731. The van der Waals surface area contributed by atoms with Crippen molar-refractivity contribution in [2.24, 2.45) is 0 Å². The highest BCUT2D eigenvalue weighted by atomic mass is 16.5. The highest BCUT2D eigenvalue weighted by Gasteiger charge is 2.32. The summed E-state index contributed by atoms with van der Waals surface area (Å²) in [5, 5.41) is 8.96. The van der Waals surface area contributed by atoms with Crippen molar-refractivity contribution in [2.75, 3.05) is 13.1 Å². The molecule has 2 rings (SSSR count). The highest BCUT2D eigenvalue weighted by Crippen LogP contribution is 2.40. The zero-order valence-electron chi connectivity index (χ0n) is 12.6. The Bertz CT molecular complexity index is 555. The molecule has 0 bridgehead atoms. The molecule has 0 aromatic heterocycles. The monoisotopic (exact) mass is 291 g/mol. The summed E-state index contributed by atoms with van der Waals surface area (Å²) in [6.45, 7) is 6.07. The molecule has 1 aromatic carbocycles. The van der Waals surface area contributed by atoms with Crippen LogP contribution >= 0.6 is 0 Å². The van der Waals surface area contributed by atoms with Crippen molar-refractivity contribution >= 4 is 11.9 Å². The number of ether oxygens (including phenoxy) is 1. The van der Waals surface area contributed by atoms with E-state index in [4.69, 9.17) is 9.84 Å². The van der Waals surface area contributed by atoms with E-state index in [1.165, 1.54) is 4.90 Å². The molecule has 1 aromatic rings. The highest BCUT2D eigenvalue weighted by molar-refractivity contribution is 5.99. The minimum absolute atomic E-state index is 0.0213. The van der Waals surface area contributed by atoms with E-state index in [1.807, 2.05) is 26.0 Å². The average Bonchev–Trinajstić information content (AvgIpc) is 2.73. The van der Waals surface area contributed by atoms with Gasteiger partial charge >= 0.3 is 5.97 Å². The predicted octanol–water partition coefficient (Wildman–Crippen LogP) is 2.51.